The van der Waals surface area contributed by atoms with Crippen LogP contribution in [0.2, 0.25) is 0 Å². The third-order valence-electron chi connectivity index (χ3n) is 4.40. The van der Waals surface area contributed by atoms with Gasteiger partial charge in [0.1, 0.15) is 5.57 Å². The quantitative estimate of drug-likeness (QED) is 0.602. The number of hydrazine groups is 1. The molecule has 1 aromatic rings. The average molecular weight is 342 g/mol. The molecule has 1 atom stereocenters. The molecule has 2 saturated heterocycles. The molecule has 0 bridgehead atoms. The minimum Gasteiger partial charge on any atom is -0.298 e. The predicted octanol–water partition coefficient (Wildman–Crippen LogP) is 0.789. The zero-order valence-corrected chi connectivity index (χ0v) is 14.1. The molecular formula is C17H18N4O4. The lowest BCUT2D eigenvalue weighted by molar-refractivity contribution is -0.135. The van der Waals surface area contributed by atoms with Crippen LogP contribution in [0.3, 0.4) is 0 Å². The molecule has 1 aromatic carbocycles. The number of benzene rings is 1. The SMILES string of the molecule is CC(=O)N1NC(=C2C(=O)N(C)C(=O)N(C)C2=O)CC1c1ccccc1. The number of urea groups is 1. The van der Waals surface area contributed by atoms with Crippen molar-refractivity contribution in [2.75, 3.05) is 14.1 Å². The number of carbonyl (C=O) groups excluding carboxylic acids is 4. The summed E-state index contributed by atoms with van der Waals surface area (Å²) in [6.07, 6.45) is 0.284. The number of amides is 5. The molecule has 25 heavy (non-hydrogen) atoms. The Morgan fingerprint density at radius 2 is 1.60 bits per heavy atom. The van der Waals surface area contributed by atoms with Gasteiger partial charge >= 0.3 is 6.03 Å². The van der Waals surface area contributed by atoms with E-state index in [1.165, 1.54) is 26.0 Å². The van der Waals surface area contributed by atoms with E-state index in [4.69, 9.17) is 0 Å². The van der Waals surface area contributed by atoms with E-state index >= 15 is 0 Å². The molecule has 1 N–H and O–H groups in total. The van der Waals surface area contributed by atoms with E-state index in [2.05, 4.69) is 5.43 Å². The van der Waals surface area contributed by atoms with Gasteiger partial charge in [-0.15, -0.1) is 0 Å². The van der Waals surface area contributed by atoms with E-state index in [9.17, 15) is 19.2 Å². The first kappa shape index (κ1) is 16.7. The number of nitrogens with zero attached hydrogens (tertiary/aromatic N) is 3. The van der Waals surface area contributed by atoms with Crippen LogP contribution in [0.15, 0.2) is 41.6 Å². The topological polar surface area (TPSA) is 90.0 Å². The minimum absolute atomic E-state index is 0.116. The van der Waals surface area contributed by atoms with Crippen LogP contribution in [0, 0.1) is 0 Å². The number of hydrogen-bond donors (Lipinski definition) is 1. The second-order valence-electron chi connectivity index (χ2n) is 6.00. The van der Waals surface area contributed by atoms with Crippen molar-refractivity contribution in [1.29, 1.82) is 0 Å². The molecule has 0 aliphatic carbocycles. The Labute approximate surface area is 144 Å². The van der Waals surface area contributed by atoms with Gasteiger partial charge in [-0.2, -0.15) is 0 Å². The molecule has 8 nitrogen and oxygen atoms in total. The highest BCUT2D eigenvalue weighted by Crippen LogP contribution is 2.34. The summed E-state index contributed by atoms with van der Waals surface area (Å²) in [5.41, 5.74) is 3.99. The van der Waals surface area contributed by atoms with Crippen molar-refractivity contribution in [1.82, 2.24) is 20.2 Å². The summed E-state index contributed by atoms with van der Waals surface area (Å²) >= 11 is 0. The van der Waals surface area contributed by atoms with Gasteiger partial charge in [0.25, 0.3) is 11.8 Å². The molecule has 8 heteroatoms. The monoisotopic (exact) mass is 342 g/mol. The van der Waals surface area contributed by atoms with Gasteiger partial charge in [-0.3, -0.25) is 29.6 Å². The molecule has 130 valence electrons. The summed E-state index contributed by atoms with van der Waals surface area (Å²) in [6.45, 7) is 1.41. The molecule has 2 heterocycles. The Bertz CT molecular complexity index is 776. The van der Waals surface area contributed by atoms with Crippen LogP contribution < -0.4 is 5.43 Å². The van der Waals surface area contributed by atoms with Crippen molar-refractivity contribution >= 4 is 23.8 Å². The normalized spacial score (nSPS) is 21.2. The Kier molecular flexibility index (Phi) is 4.03. The smallest absolute Gasteiger partial charge is 0.298 e. The van der Waals surface area contributed by atoms with Gasteiger partial charge in [0.15, 0.2) is 0 Å². The molecule has 0 radical (unpaired) electrons. The summed E-state index contributed by atoms with van der Waals surface area (Å²) in [5, 5.41) is 1.40. The second-order valence-corrected chi connectivity index (χ2v) is 6.00. The van der Waals surface area contributed by atoms with E-state index in [0.29, 0.717) is 5.70 Å². The minimum atomic E-state index is -0.680. The molecule has 0 aromatic heterocycles. The maximum atomic E-state index is 12.5. The Balaban J connectivity index is 2.04. The van der Waals surface area contributed by atoms with E-state index in [1.54, 1.807) is 0 Å². The van der Waals surface area contributed by atoms with Crippen molar-refractivity contribution in [3.63, 3.8) is 0 Å². The van der Waals surface area contributed by atoms with Crippen LogP contribution in [0.1, 0.15) is 24.9 Å². The van der Waals surface area contributed by atoms with E-state index in [0.717, 1.165) is 15.4 Å². The van der Waals surface area contributed by atoms with Crippen LogP contribution in [0.5, 0.6) is 0 Å². The summed E-state index contributed by atoms with van der Waals surface area (Å²) in [7, 11) is 2.64. The number of nitrogens with one attached hydrogen (secondary N) is 1. The lowest BCUT2D eigenvalue weighted by atomic mass is 10.00. The molecule has 2 aliphatic heterocycles. The van der Waals surface area contributed by atoms with Crippen LogP contribution >= 0.6 is 0 Å². The van der Waals surface area contributed by atoms with Gasteiger partial charge in [0.05, 0.1) is 11.7 Å². The molecule has 0 saturated carbocycles. The first-order chi connectivity index (χ1) is 11.8. The maximum absolute atomic E-state index is 12.5. The fourth-order valence-electron chi connectivity index (χ4n) is 3.04. The van der Waals surface area contributed by atoms with Gasteiger partial charge in [-0.25, -0.2) is 9.80 Å². The van der Waals surface area contributed by atoms with E-state index < -0.39 is 17.8 Å². The number of hydrogen-bond acceptors (Lipinski definition) is 5. The summed E-state index contributed by atoms with van der Waals surface area (Å²) in [5.74, 6) is -1.58. The van der Waals surface area contributed by atoms with Gasteiger partial charge in [0.2, 0.25) is 5.91 Å². The van der Waals surface area contributed by atoms with Gasteiger partial charge in [-0.1, -0.05) is 30.3 Å². The molecule has 5 amide bonds. The average Bonchev–Trinajstić information content (AvgIpc) is 3.04. The highest BCUT2D eigenvalue weighted by atomic mass is 16.2. The first-order valence-corrected chi connectivity index (χ1v) is 7.77. The lowest BCUT2D eigenvalue weighted by Gasteiger charge is -2.29. The highest BCUT2D eigenvalue weighted by Gasteiger charge is 2.43. The van der Waals surface area contributed by atoms with E-state index in [-0.39, 0.29) is 23.9 Å². The lowest BCUT2D eigenvalue weighted by Crippen LogP contribution is -2.54. The van der Waals surface area contributed by atoms with Gasteiger partial charge < -0.3 is 0 Å². The van der Waals surface area contributed by atoms with Crippen molar-refractivity contribution < 1.29 is 19.2 Å². The number of imide groups is 2. The van der Waals surface area contributed by atoms with Crippen LogP contribution in [-0.2, 0) is 14.4 Å². The van der Waals surface area contributed by atoms with Gasteiger partial charge in [-0.05, 0) is 5.56 Å². The number of likely N-dealkylation sites (N-methyl/N-ethyl adjacent to an activating group) is 2. The Morgan fingerprint density at radius 1 is 1.04 bits per heavy atom. The third kappa shape index (κ3) is 2.65. The van der Waals surface area contributed by atoms with Crippen molar-refractivity contribution in [2.45, 2.75) is 19.4 Å². The molecule has 2 fully saturated rings. The molecule has 1 unspecified atom stereocenters. The van der Waals surface area contributed by atoms with Gasteiger partial charge in [0, 0.05) is 27.4 Å². The maximum Gasteiger partial charge on any atom is 0.333 e. The number of barbiturate groups is 1. The van der Waals surface area contributed by atoms with Crippen LogP contribution in [-0.4, -0.2) is 52.7 Å². The molecule has 3 rings (SSSR count). The summed E-state index contributed by atoms with van der Waals surface area (Å²) < 4.78 is 0. The molecule has 0 spiro atoms. The fraction of sp³-hybridized carbons (Fsp3) is 0.294. The van der Waals surface area contributed by atoms with Crippen LogP contribution in [0.25, 0.3) is 0 Å². The van der Waals surface area contributed by atoms with Crippen molar-refractivity contribution in [3.8, 4) is 0 Å². The molecule has 2 aliphatic rings. The molecular weight excluding hydrogens is 324 g/mol. The largest absolute Gasteiger partial charge is 0.333 e. The van der Waals surface area contributed by atoms with Crippen molar-refractivity contribution in [2.24, 2.45) is 0 Å². The fourth-order valence-corrected chi connectivity index (χ4v) is 3.04. The Morgan fingerprint density at radius 3 is 2.12 bits per heavy atom. The zero-order valence-electron chi connectivity index (χ0n) is 14.1. The number of carbonyl (C=O) groups is 4. The summed E-state index contributed by atoms with van der Waals surface area (Å²) in [6, 6.07) is 8.32. The summed E-state index contributed by atoms with van der Waals surface area (Å²) in [4.78, 5) is 50.6. The Hall–Kier alpha value is -3.16. The van der Waals surface area contributed by atoms with Crippen LogP contribution in [0.4, 0.5) is 4.79 Å². The second kappa shape index (κ2) is 6.04. The van der Waals surface area contributed by atoms with E-state index in [1.807, 2.05) is 30.3 Å². The first-order valence-electron chi connectivity index (χ1n) is 7.77. The highest BCUT2D eigenvalue weighted by molar-refractivity contribution is 6.28. The predicted molar refractivity (Wildman–Crippen MR) is 87.4 cm³/mol. The third-order valence-corrected chi connectivity index (χ3v) is 4.40. The standard InChI is InChI=1S/C17H18N4O4/c1-10(22)21-13(11-7-5-4-6-8-11)9-12(18-21)14-15(23)19(2)17(25)20(3)16(14)24/h4-8,13,18H,9H2,1-3H3. The number of rotatable bonds is 1. The van der Waals surface area contributed by atoms with Crippen molar-refractivity contribution in [3.05, 3.63) is 47.2 Å². The zero-order chi connectivity index (χ0) is 18.3.